The molecular formula is C11H15NO2. The molecule has 3 heteroatoms. The van der Waals surface area contributed by atoms with Crippen molar-refractivity contribution >= 4 is 5.97 Å². The zero-order valence-corrected chi connectivity index (χ0v) is 8.83. The van der Waals surface area contributed by atoms with Gasteiger partial charge in [0, 0.05) is 0 Å². The van der Waals surface area contributed by atoms with E-state index in [1.165, 1.54) is 12.2 Å². The lowest BCUT2D eigenvalue weighted by molar-refractivity contribution is -0.141. The number of hydrogen-bond acceptors (Lipinski definition) is 3. The zero-order chi connectivity index (χ0) is 11.2. The van der Waals surface area contributed by atoms with Crippen LogP contribution < -0.4 is 0 Å². The lowest BCUT2D eigenvalue weighted by Crippen LogP contribution is -2.19. The quantitative estimate of drug-likeness (QED) is 0.299. The Morgan fingerprint density at radius 1 is 1.57 bits per heavy atom. The van der Waals surface area contributed by atoms with Crippen LogP contribution in [0.15, 0.2) is 24.3 Å². The predicted molar refractivity (Wildman–Crippen MR) is 54.3 cm³/mol. The molecule has 0 fully saturated rings. The second-order valence-electron chi connectivity index (χ2n) is 4.06. The molecule has 0 aromatic rings. The topological polar surface area (TPSA) is 50.1 Å². The molecule has 0 atom stereocenters. The summed E-state index contributed by atoms with van der Waals surface area (Å²) in [5.41, 5.74) is -0.117. The highest BCUT2D eigenvalue weighted by Crippen LogP contribution is 2.13. The summed E-state index contributed by atoms with van der Waals surface area (Å²) in [6.45, 7) is 9.54. The van der Waals surface area contributed by atoms with E-state index in [4.69, 9.17) is 10.00 Å². The van der Waals surface area contributed by atoms with Gasteiger partial charge in [0.2, 0.25) is 0 Å². The van der Waals surface area contributed by atoms with Crippen LogP contribution in [0, 0.1) is 16.7 Å². The van der Waals surface area contributed by atoms with Crippen LogP contribution >= 0.6 is 0 Å². The molecule has 0 N–H and O–H groups in total. The summed E-state index contributed by atoms with van der Waals surface area (Å²) in [7, 11) is 0. The van der Waals surface area contributed by atoms with Crippen molar-refractivity contribution < 1.29 is 9.53 Å². The fraction of sp³-hybridized carbons (Fsp3) is 0.455. The summed E-state index contributed by atoms with van der Waals surface area (Å²) in [4.78, 5) is 11.3. The largest absolute Gasteiger partial charge is 0.461 e. The molecule has 0 aliphatic carbocycles. The van der Waals surface area contributed by atoms with Crippen LogP contribution in [0.3, 0.4) is 0 Å². The first-order valence-corrected chi connectivity index (χ1v) is 4.30. The number of nitriles is 1. The van der Waals surface area contributed by atoms with E-state index in [9.17, 15) is 4.79 Å². The van der Waals surface area contributed by atoms with Gasteiger partial charge in [-0.3, -0.25) is 0 Å². The number of carbonyl (C=O) groups is 1. The van der Waals surface area contributed by atoms with Gasteiger partial charge in [-0.25, -0.2) is 4.79 Å². The van der Waals surface area contributed by atoms with E-state index in [0.717, 1.165) is 0 Å². The molecule has 14 heavy (non-hydrogen) atoms. The maximum atomic E-state index is 11.3. The van der Waals surface area contributed by atoms with Gasteiger partial charge in [-0.15, -0.1) is 0 Å². The number of esters is 1. The predicted octanol–water partition coefficient (Wildman–Crippen LogP) is 2.21. The molecule has 0 spiro atoms. The molecule has 0 aromatic heterocycles. The minimum Gasteiger partial charge on any atom is -0.461 e. The minimum absolute atomic E-state index is 0.0238. The fourth-order valence-corrected chi connectivity index (χ4v) is 0.629. The van der Waals surface area contributed by atoms with Crippen molar-refractivity contribution in [3.05, 3.63) is 24.3 Å². The Morgan fingerprint density at radius 2 is 2.14 bits per heavy atom. The van der Waals surface area contributed by atoms with Gasteiger partial charge in [-0.05, 0) is 11.5 Å². The normalized spacial score (nSPS) is 11.7. The summed E-state index contributed by atoms with van der Waals surface area (Å²) in [5.74, 6) is -0.595. The Kier molecular flexibility index (Phi) is 4.65. The smallest absolute Gasteiger partial charge is 0.348 e. The molecule has 3 nitrogen and oxygen atoms in total. The number of allylic oxidation sites excluding steroid dienone is 2. The molecule has 0 saturated carbocycles. The summed E-state index contributed by atoms with van der Waals surface area (Å²) in [6, 6.07) is 1.75. The van der Waals surface area contributed by atoms with Gasteiger partial charge >= 0.3 is 5.97 Å². The number of nitrogens with zero attached hydrogens (tertiary/aromatic N) is 1. The van der Waals surface area contributed by atoms with E-state index < -0.39 is 5.97 Å². The maximum absolute atomic E-state index is 11.3. The highest BCUT2D eigenvalue weighted by molar-refractivity contribution is 5.93. The standard InChI is InChI=1S/C11H15NO2/c1-5-6-9(7-12)10(13)14-8-11(2,3)4/h5-6H,1,8H2,2-4H3/b9-6+. The van der Waals surface area contributed by atoms with Crippen LogP contribution in [0.2, 0.25) is 0 Å². The van der Waals surface area contributed by atoms with Crippen LogP contribution in [-0.4, -0.2) is 12.6 Å². The molecule has 0 bridgehead atoms. The Morgan fingerprint density at radius 3 is 2.50 bits per heavy atom. The second kappa shape index (κ2) is 5.23. The first-order valence-electron chi connectivity index (χ1n) is 4.30. The van der Waals surface area contributed by atoms with Crippen molar-refractivity contribution in [2.24, 2.45) is 5.41 Å². The molecule has 0 rings (SSSR count). The van der Waals surface area contributed by atoms with Crippen molar-refractivity contribution in [2.75, 3.05) is 6.61 Å². The highest BCUT2D eigenvalue weighted by atomic mass is 16.5. The Hall–Kier alpha value is -1.56. The van der Waals surface area contributed by atoms with Crippen LogP contribution in [-0.2, 0) is 9.53 Å². The fourth-order valence-electron chi connectivity index (χ4n) is 0.629. The zero-order valence-electron chi connectivity index (χ0n) is 8.83. The lowest BCUT2D eigenvalue weighted by atomic mass is 9.99. The van der Waals surface area contributed by atoms with E-state index in [0.29, 0.717) is 6.61 Å². The van der Waals surface area contributed by atoms with Gasteiger partial charge in [-0.2, -0.15) is 5.26 Å². The van der Waals surface area contributed by atoms with E-state index in [1.54, 1.807) is 6.07 Å². The number of carbonyl (C=O) groups excluding carboxylic acids is 1. The summed E-state index contributed by atoms with van der Waals surface area (Å²) >= 11 is 0. The Labute approximate surface area is 84.7 Å². The molecule has 0 amide bonds. The average molecular weight is 193 g/mol. The first-order chi connectivity index (χ1) is 6.40. The van der Waals surface area contributed by atoms with Crippen molar-refractivity contribution in [1.29, 1.82) is 5.26 Å². The van der Waals surface area contributed by atoms with Gasteiger partial charge in [0.15, 0.2) is 0 Å². The third-order valence-electron chi connectivity index (χ3n) is 1.26. The molecular weight excluding hydrogens is 178 g/mol. The summed E-state index contributed by atoms with van der Waals surface area (Å²) in [6.07, 6.45) is 2.72. The Bertz CT molecular complexity index is 289. The third-order valence-corrected chi connectivity index (χ3v) is 1.26. The molecule has 0 aromatic carbocycles. The monoisotopic (exact) mass is 193 g/mol. The molecule has 0 radical (unpaired) electrons. The Balaban J connectivity index is 4.29. The maximum Gasteiger partial charge on any atom is 0.348 e. The molecule has 0 heterocycles. The first kappa shape index (κ1) is 12.4. The van der Waals surface area contributed by atoms with E-state index >= 15 is 0 Å². The van der Waals surface area contributed by atoms with Crippen LogP contribution in [0.25, 0.3) is 0 Å². The van der Waals surface area contributed by atoms with Gasteiger partial charge < -0.3 is 4.74 Å². The van der Waals surface area contributed by atoms with E-state index in [-0.39, 0.29) is 11.0 Å². The minimum atomic E-state index is -0.595. The highest BCUT2D eigenvalue weighted by Gasteiger charge is 2.15. The molecule has 0 aliphatic rings. The number of rotatable bonds is 3. The molecule has 0 unspecified atom stereocenters. The average Bonchev–Trinajstić information content (AvgIpc) is 2.09. The molecule has 0 saturated heterocycles. The summed E-state index contributed by atoms with van der Waals surface area (Å²) in [5, 5.41) is 8.59. The van der Waals surface area contributed by atoms with Crippen LogP contribution in [0.5, 0.6) is 0 Å². The van der Waals surface area contributed by atoms with Crippen molar-refractivity contribution in [1.82, 2.24) is 0 Å². The summed E-state index contributed by atoms with van der Waals surface area (Å²) < 4.78 is 4.93. The van der Waals surface area contributed by atoms with E-state index in [2.05, 4.69) is 6.58 Å². The van der Waals surface area contributed by atoms with Crippen molar-refractivity contribution in [3.8, 4) is 6.07 Å². The van der Waals surface area contributed by atoms with Gasteiger partial charge in [-0.1, -0.05) is 33.4 Å². The second-order valence-corrected chi connectivity index (χ2v) is 4.06. The number of ether oxygens (including phenoxy) is 1. The van der Waals surface area contributed by atoms with Gasteiger partial charge in [0.25, 0.3) is 0 Å². The van der Waals surface area contributed by atoms with E-state index in [1.807, 2.05) is 20.8 Å². The van der Waals surface area contributed by atoms with Gasteiger partial charge in [0.1, 0.15) is 11.6 Å². The van der Waals surface area contributed by atoms with Crippen LogP contribution in [0.1, 0.15) is 20.8 Å². The van der Waals surface area contributed by atoms with Crippen LogP contribution in [0.4, 0.5) is 0 Å². The van der Waals surface area contributed by atoms with Crippen molar-refractivity contribution in [3.63, 3.8) is 0 Å². The molecule has 0 aliphatic heterocycles. The molecule has 76 valence electrons. The van der Waals surface area contributed by atoms with Crippen molar-refractivity contribution in [2.45, 2.75) is 20.8 Å². The van der Waals surface area contributed by atoms with Gasteiger partial charge in [0.05, 0.1) is 6.61 Å². The third kappa shape index (κ3) is 5.15. The number of hydrogen-bond donors (Lipinski definition) is 0. The lowest BCUT2D eigenvalue weighted by Gasteiger charge is -2.17. The SMILES string of the molecule is C=C/C=C(\C#N)C(=O)OCC(C)(C)C.